The first-order valence-corrected chi connectivity index (χ1v) is 6.93. The van der Waals surface area contributed by atoms with Crippen molar-refractivity contribution in [2.75, 3.05) is 0 Å². The van der Waals surface area contributed by atoms with Crippen molar-refractivity contribution in [2.45, 2.75) is 25.7 Å². The Labute approximate surface area is 120 Å². The lowest BCUT2D eigenvalue weighted by Crippen LogP contribution is -2.09. The molecule has 3 rings (SSSR count). The molecule has 0 radical (unpaired) electrons. The number of H-pyrrole nitrogens is 1. The number of nitrogens with one attached hydrogen (secondary N) is 1. The van der Waals surface area contributed by atoms with Crippen LogP contribution in [0.25, 0.3) is 11.4 Å². The number of benzene rings is 1. The highest BCUT2D eigenvalue weighted by Gasteiger charge is 2.19. The van der Waals surface area contributed by atoms with Crippen LogP contribution in [-0.2, 0) is 12.8 Å². The van der Waals surface area contributed by atoms with E-state index < -0.39 is 4.92 Å². The molecule has 0 saturated heterocycles. The summed E-state index contributed by atoms with van der Waals surface area (Å²) >= 11 is 5.33. The van der Waals surface area contributed by atoms with E-state index in [0.717, 1.165) is 36.9 Å². The molecule has 0 saturated carbocycles. The van der Waals surface area contributed by atoms with Crippen LogP contribution in [-0.4, -0.2) is 14.9 Å². The van der Waals surface area contributed by atoms with E-state index >= 15 is 0 Å². The number of para-hydroxylation sites is 1. The lowest BCUT2D eigenvalue weighted by Gasteiger charge is -2.16. The first-order valence-electron chi connectivity index (χ1n) is 6.52. The van der Waals surface area contributed by atoms with Gasteiger partial charge in [-0.05, 0) is 31.7 Å². The van der Waals surface area contributed by atoms with Crippen molar-refractivity contribution in [3.05, 3.63) is 50.3 Å². The zero-order valence-corrected chi connectivity index (χ0v) is 11.6. The van der Waals surface area contributed by atoms with Crippen LogP contribution < -0.4 is 0 Å². The molecule has 20 heavy (non-hydrogen) atoms. The highest BCUT2D eigenvalue weighted by atomic mass is 32.1. The number of aromatic nitrogens is 2. The molecule has 6 heteroatoms. The van der Waals surface area contributed by atoms with Crippen LogP contribution in [0.4, 0.5) is 5.69 Å². The summed E-state index contributed by atoms with van der Waals surface area (Å²) in [6.07, 6.45) is 4.10. The zero-order valence-electron chi connectivity index (χ0n) is 10.8. The topological polar surface area (TPSA) is 71.8 Å². The van der Waals surface area contributed by atoms with Gasteiger partial charge in [-0.25, -0.2) is 4.98 Å². The Balaban J connectivity index is 2.19. The molecule has 0 atom stereocenters. The normalized spacial score (nSPS) is 13.8. The number of nitro benzene ring substituents is 1. The fourth-order valence-electron chi connectivity index (χ4n) is 2.58. The van der Waals surface area contributed by atoms with Gasteiger partial charge in [0.05, 0.1) is 10.5 Å². The third-order valence-electron chi connectivity index (χ3n) is 3.56. The Hall–Kier alpha value is -2.08. The second-order valence-electron chi connectivity index (χ2n) is 4.83. The van der Waals surface area contributed by atoms with E-state index in [2.05, 4.69) is 9.97 Å². The van der Waals surface area contributed by atoms with Crippen LogP contribution >= 0.6 is 12.2 Å². The van der Waals surface area contributed by atoms with Gasteiger partial charge in [0, 0.05) is 17.3 Å². The molecule has 0 aliphatic heterocycles. The van der Waals surface area contributed by atoms with Gasteiger partial charge >= 0.3 is 0 Å². The number of aryl methyl sites for hydroxylation is 1. The van der Waals surface area contributed by atoms with Crippen LogP contribution in [0.15, 0.2) is 24.3 Å². The maximum atomic E-state index is 11.1. The van der Waals surface area contributed by atoms with E-state index in [-0.39, 0.29) is 5.69 Å². The summed E-state index contributed by atoms with van der Waals surface area (Å²) in [6.45, 7) is 0. The zero-order chi connectivity index (χ0) is 14.1. The Morgan fingerprint density at radius 3 is 2.80 bits per heavy atom. The summed E-state index contributed by atoms with van der Waals surface area (Å²) in [5.74, 6) is 0.489. The van der Waals surface area contributed by atoms with Gasteiger partial charge in [-0.1, -0.05) is 24.4 Å². The predicted molar refractivity (Wildman–Crippen MR) is 78.2 cm³/mol. The van der Waals surface area contributed by atoms with Crippen molar-refractivity contribution in [3.63, 3.8) is 0 Å². The van der Waals surface area contributed by atoms with Crippen LogP contribution in [0.3, 0.4) is 0 Å². The molecule has 2 aromatic rings. The summed E-state index contributed by atoms with van der Waals surface area (Å²) in [6, 6.07) is 6.59. The largest absolute Gasteiger partial charge is 0.343 e. The number of rotatable bonds is 2. The predicted octanol–water partition coefficient (Wildman–Crippen LogP) is 3.59. The van der Waals surface area contributed by atoms with Gasteiger partial charge in [0.1, 0.15) is 10.5 Å². The molecule has 1 aliphatic rings. The molecule has 1 aromatic carbocycles. The summed E-state index contributed by atoms with van der Waals surface area (Å²) in [5, 5.41) is 11.1. The van der Waals surface area contributed by atoms with Crippen LogP contribution in [0, 0.1) is 14.8 Å². The van der Waals surface area contributed by atoms with Crippen molar-refractivity contribution in [1.29, 1.82) is 0 Å². The molecule has 0 amide bonds. The Bertz CT molecular complexity index is 739. The van der Waals surface area contributed by atoms with Gasteiger partial charge in [-0.2, -0.15) is 0 Å². The smallest absolute Gasteiger partial charge is 0.280 e. The number of nitrogens with zero attached hydrogens (tertiary/aromatic N) is 2. The second kappa shape index (κ2) is 5.13. The van der Waals surface area contributed by atoms with Crippen molar-refractivity contribution in [2.24, 2.45) is 0 Å². The third kappa shape index (κ3) is 2.22. The number of hydrogen-bond donors (Lipinski definition) is 1. The van der Waals surface area contributed by atoms with Crippen LogP contribution in [0.2, 0.25) is 0 Å². The summed E-state index contributed by atoms with van der Waals surface area (Å²) in [5.41, 5.74) is 2.69. The summed E-state index contributed by atoms with van der Waals surface area (Å²) < 4.78 is 0.562. The molecular formula is C14H13N3O2S. The van der Waals surface area contributed by atoms with Crippen molar-refractivity contribution in [3.8, 4) is 11.4 Å². The van der Waals surface area contributed by atoms with Crippen LogP contribution in [0.1, 0.15) is 24.1 Å². The maximum Gasteiger partial charge on any atom is 0.280 e. The first-order chi connectivity index (χ1) is 9.66. The van der Waals surface area contributed by atoms with E-state index in [4.69, 9.17) is 12.2 Å². The van der Waals surface area contributed by atoms with Gasteiger partial charge in [0.25, 0.3) is 5.69 Å². The van der Waals surface area contributed by atoms with Crippen molar-refractivity contribution >= 4 is 17.9 Å². The van der Waals surface area contributed by atoms with E-state index in [9.17, 15) is 10.1 Å². The van der Waals surface area contributed by atoms with Crippen molar-refractivity contribution in [1.82, 2.24) is 9.97 Å². The lowest BCUT2D eigenvalue weighted by molar-refractivity contribution is -0.384. The van der Waals surface area contributed by atoms with Gasteiger partial charge in [-0.3, -0.25) is 10.1 Å². The highest BCUT2D eigenvalue weighted by molar-refractivity contribution is 7.71. The lowest BCUT2D eigenvalue weighted by atomic mass is 9.97. The maximum absolute atomic E-state index is 11.1. The number of fused-ring (bicyclic) bond motifs is 1. The second-order valence-corrected chi connectivity index (χ2v) is 5.22. The molecular weight excluding hydrogens is 274 g/mol. The molecule has 0 fully saturated rings. The van der Waals surface area contributed by atoms with Gasteiger partial charge < -0.3 is 4.98 Å². The first kappa shape index (κ1) is 12.9. The van der Waals surface area contributed by atoms with E-state index in [1.165, 1.54) is 6.07 Å². The quantitative estimate of drug-likeness (QED) is 0.520. The molecule has 1 N–H and O–H groups in total. The van der Waals surface area contributed by atoms with Gasteiger partial charge in [0.2, 0.25) is 0 Å². The van der Waals surface area contributed by atoms with Gasteiger partial charge in [0.15, 0.2) is 0 Å². The summed E-state index contributed by atoms with van der Waals surface area (Å²) in [7, 11) is 0. The van der Waals surface area contributed by atoms with Crippen LogP contribution in [0.5, 0.6) is 0 Å². The van der Waals surface area contributed by atoms with Gasteiger partial charge in [-0.15, -0.1) is 0 Å². The van der Waals surface area contributed by atoms with E-state index in [0.29, 0.717) is 16.0 Å². The Morgan fingerprint density at radius 2 is 2.00 bits per heavy atom. The monoisotopic (exact) mass is 287 g/mol. The molecule has 5 nitrogen and oxygen atoms in total. The fourth-order valence-corrected chi connectivity index (χ4v) is 2.90. The fraction of sp³-hybridized carbons (Fsp3) is 0.286. The molecule has 1 aromatic heterocycles. The number of aromatic amines is 1. The molecule has 0 unspecified atom stereocenters. The minimum Gasteiger partial charge on any atom is -0.343 e. The minimum absolute atomic E-state index is 0.0430. The van der Waals surface area contributed by atoms with E-state index in [1.807, 2.05) is 0 Å². The standard InChI is InChI=1S/C14H13N3O2S/c18-17(19)12-8-4-2-6-10(12)13-15-11-7-3-1-5-9(11)14(20)16-13/h2,4,6,8H,1,3,5,7H2,(H,15,16,20). The molecule has 0 bridgehead atoms. The average Bonchev–Trinajstić information content (AvgIpc) is 2.47. The Morgan fingerprint density at radius 1 is 1.25 bits per heavy atom. The summed E-state index contributed by atoms with van der Waals surface area (Å²) in [4.78, 5) is 18.3. The van der Waals surface area contributed by atoms with Crippen molar-refractivity contribution < 1.29 is 4.92 Å². The minimum atomic E-state index is -0.395. The third-order valence-corrected chi connectivity index (χ3v) is 3.90. The SMILES string of the molecule is O=[N+]([O-])c1ccccc1-c1nc(=S)c2c([nH]1)CCCC2. The molecule has 1 aliphatic carbocycles. The molecule has 1 heterocycles. The molecule has 102 valence electrons. The average molecular weight is 287 g/mol. The number of hydrogen-bond acceptors (Lipinski definition) is 4. The Kier molecular flexibility index (Phi) is 3.31. The number of nitro groups is 1. The highest BCUT2D eigenvalue weighted by Crippen LogP contribution is 2.29. The van der Waals surface area contributed by atoms with E-state index in [1.54, 1.807) is 18.2 Å². The molecule has 0 spiro atoms.